The fraction of sp³-hybridized carbons (Fsp3) is 1.00. The molecule has 0 aromatic rings. The summed E-state index contributed by atoms with van der Waals surface area (Å²) in [5, 5.41) is 0. The van der Waals surface area contributed by atoms with Crippen LogP contribution in [0.25, 0.3) is 0 Å². The highest BCUT2D eigenvalue weighted by atomic mass is 32.1. The summed E-state index contributed by atoms with van der Waals surface area (Å²) in [6, 6.07) is 0. The molecule has 1 rings (SSSR count). The average Bonchev–Trinajstić information content (AvgIpc) is 2.42. The Balaban J connectivity index is 1.94. The van der Waals surface area contributed by atoms with E-state index in [1.807, 2.05) is 0 Å². The van der Waals surface area contributed by atoms with E-state index in [0.717, 1.165) is 25.4 Å². The first kappa shape index (κ1) is 19.1. The van der Waals surface area contributed by atoms with Gasteiger partial charge in [0.15, 0.2) is 0 Å². The third kappa shape index (κ3) is 10.4. The Morgan fingerprint density at radius 3 is 1.71 bits per heavy atom. The van der Waals surface area contributed by atoms with Crippen LogP contribution < -0.4 is 0 Å². The molecule has 0 aromatic heterocycles. The average molecular weight is 326 g/mol. The van der Waals surface area contributed by atoms with E-state index in [9.17, 15) is 13.2 Å². The van der Waals surface area contributed by atoms with Gasteiger partial charge in [-0.1, -0.05) is 32.1 Å². The van der Waals surface area contributed by atoms with Crippen LogP contribution in [0.15, 0.2) is 0 Å². The lowest BCUT2D eigenvalue weighted by molar-refractivity contribution is -0.149. The number of hydrogen-bond acceptors (Lipinski definition) is 3. The van der Waals surface area contributed by atoms with E-state index in [0.29, 0.717) is 13.1 Å². The van der Waals surface area contributed by atoms with Gasteiger partial charge in [-0.3, -0.25) is 4.90 Å². The minimum absolute atomic E-state index is 0.545. The quantitative estimate of drug-likeness (QED) is 0.481. The van der Waals surface area contributed by atoms with Crippen LogP contribution in [0, 0.1) is 0 Å². The van der Waals surface area contributed by atoms with E-state index < -0.39 is 12.7 Å². The second-order valence-electron chi connectivity index (χ2n) is 5.93. The molecule has 0 unspecified atom stereocenters. The number of nitrogens with zero attached hydrogens (tertiary/aromatic N) is 2. The van der Waals surface area contributed by atoms with Crippen molar-refractivity contribution in [3.8, 4) is 0 Å². The van der Waals surface area contributed by atoms with Crippen LogP contribution in [0.4, 0.5) is 13.2 Å². The molecule has 0 aliphatic carbocycles. The number of rotatable bonds is 10. The minimum atomic E-state index is -4.06. The number of unbranched alkanes of at least 4 members (excludes halogenated alkanes) is 6. The van der Waals surface area contributed by atoms with Gasteiger partial charge in [-0.05, 0) is 25.1 Å². The number of hydrogen-bond donors (Lipinski definition) is 1. The molecule has 0 saturated carbocycles. The summed E-state index contributed by atoms with van der Waals surface area (Å²) in [4.78, 5) is 3.81. The monoisotopic (exact) mass is 326 g/mol. The Kier molecular flexibility index (Phi) is 9.76. The molecule has 1 fully saturated rings. The fourth-order valence-corrected chi connectivity index (χ4v) is 2.98. The summed E-state index contributed by atoms with van der Waals surface area (Å²) in [6.45, 7) is 2.92. The highest BCUT2D eigenvalue weighted by Crippen LogP contribution is 2.17. The van der Waals surface area contributed by atoms with Crippen molar-refractivity contribution in [2.24, 2.45) is 0 Å². The number of thiol groups is 1. The Hall–Kier alpha value is 0.0600. The van der Waals surface area contributed by atoms with Crippen molar-refractivity contribution in [2.75, 3.05) is 45.0 Å². The summed E-state index contributed by atoms with van der Waals surface area (Å²) in [7, 11) is 0. The first-order chi connectivity index (χ1) is 10.0. The smallest absolute Gasteiger partial charge is 0.301 e. The molecule has 6 heteroatoms. The SMILES string of the molecule is FC(F)(F)CN1CCN(CCCCCCCCCS)CC1. The Morgan fingerprint density at radius 2 is 1.19 bits per heavy atom. The van der Waals surface area contributed by atoms with Crippen LogP contribution in [0.1, 0.15) is 44.9 Å². The predicted octanol–water partition coefficient (Wildman–Crippen LogP) is 3.83. The summed E-state index contributed by atoms with van der Waals surface area (Å²) in [5.41, 5.74) is 0. The van der Waals surface area contributed by atoms with Crippen molar-refractivity contribution in [3.05, 3.63) is 0 Å². The molecular weight excluding hydrogens is 297 g/mol. The molecule has 21 heavy (non-hydrogen) atoms. The Morgan fingerprint density at radius 1 is 0.714 bits per heavy atom. The molecular formula is C15H29F3N2S. The lowest BCUT2D eigenvalue weighted by atomic mass is 10.1. The maximum atomic E-state index is 12.3. The normalized spacial score (nSPS) is 18.3. The van der Waals surface area contributed by atoms with E-state index in [1.54, 1.807) is 0 Å². The van der Waals surface area contributed by atoms with Crippen LogP contribution in [0.3, 0.4) is 0 Å². The molecule has 0 spiro atoms. The van der Waals surface area contributed by atoms with E-state index in [4.69, 9.17) is 0 Å². The van der Waals surface area contributed by atoms with Crippen LogP contribution in [0.2, 0.25) is 0 Å². The van der Waals surface area contributed by atoms with Gasteiger partial charge in [-0.2, -0.15) is 25.8 Å². The molecule has 0 bridgehead atoms. The highest BCUT2D eigenvalue weighted by molar-refractivity contribution is 7.80. The molecule has 0 aromatic carbocycles. The number of alkyl halides is 3. The van der Waals surface area contributed by atoms with Crippen molar-refractivity contribution in [2.45, 2.75) is 51.1 Å². The van der Waals surface area contributed by atoms with E-state index in [-0.39, 0.29) is 0 Å². The summed E-state index contributed by atoms with van der Waals surface area (Å²) in [5.74, 6) is 0.986. The van der Waals surface area contributed by atoms with Crippen LogP contribution in [0.5, 0.6) is 0 Å². The zero-order chi connectivity index (χ0) is 15.6. The largest absolute Gasteiger partial charge is 0.401 e. The topological polar surface area (TPSA) is 6.48 Å². The van der Waals surface area contributed by atoms with E-state index >= 15 is 0 Å². The van der Waals surface area contributed by atoms with Gasteiger partial charge in [0.25, 0.3) is 0 Å². The van der Waals surface area contributed by atoms with Gasteiger partial charge in [-0.25, -0.2) is 0 Å². The summed E-state index contributed by atoms with van der Waals surface area (Å²) in [6.07, 6.45) is 4.73. The first-order valence-electron chi connectivity index (χ1n) is 8.13. The van der Waals surface area contributed by atoms with Gasteiger partial charge in [0.1, 0.15) is 0 Å². The molecule has 1 aliphatic rings. The fourth-order valence-electron chi connectivity index (χ4n) is 2.76. The molecule has 0 N–H and O–H groups in total. The lowest BCUT2D eigenvalue weighted by Crippen LogP contribution is -2.49. The molecule has 1 heterocycles. The number of piperazine rings is 1. The summed E-state index contributed by atoms with van der Waals surface area (Å²) < 4.78 is 36.8. The van der Waals surface area contributed by atoms with E-state index in [2.05, 4.69) is 17.5 Å². The second-order valence-corrected chi connectivity index (χ2v) is 6.38. The van der Waals surface area contributed by atoms with Crippen molar-refractivity contribution in [1.82, 2.24) is 9.80 Å². The van der Waals surface area contributed by atoms with Crippen LogP contribution in [-0.4, -0.2) is 61.0 Å². The van der Waals surface area contributed by atoms with Gasteiger partial charge in [0.05, 0.1) is 6.54 Å². The lowest BCUT2D eigenvalue weighted by Gasteiger charge is -2.34. The molecule has 0 atom stereocenters. The third-order valence-corrected chi connectivity index (χ3v) is 4.32. The van der Waals surface area contributed by atoms with Crippen molar-refractivity contribution in [1.29, 1.82) is 0 Å². The maximum absolute atomic E-state index is 12.3. The molecule has 0 amide bonds. The van der Waals surface area contributed by atoms with Crippen molar-refractivity contribution in [3.63, 3.8) is 0 Å². The zero-order valence-electron chi connectivity index (χ0n) is 12.9. The minimum Gasteiger partial charge on any atom is -0.301 e. The Labute approximate surface area is 132 Å². The predicted molar refractivity (Wildman–Crippen MR) is 85.1 cm³/mol. The molecule has 1 aliphatic heterocycles. The molecule has 1 saturated heterocycles. The zero-order valence-corrected chi connectivity index (χ0v) is 13.8. The van der Waals surface area contributed by atoms with Crippen molar-refractivity contribution >= 4 is 12.6 Å². The van der Waals surface area contributed by atoms with Gasteiger partial charge in [-0.15, -0.1) is 0 Å². The molecule has 2 nitrogen and oxygen atoms in total. The Bertz CT molecular complexity index is 254. The second kappa shape index (κ2) is 10.7. The first-order valence-corrected chi connectivity index (χ1v) is 8.77. The van der Waals surface area contributed by atoms with Gasteiger partial charge < -0.3 is 4.90 Å². The molecule has 126 valence electrons. The number of halogens is 3. The summed E-state index contributed by atoms with van der Waals surface area (Å²) >= 11 is 4.20. The highest BCUT2D eigenvalue weighted by Gasteiger charge is 2.31. The molecule has 0 radical (unpaired) electrons. The van der Waals surface area contributed by atoms with Gasteiger partial charge in [0, 0.05) is 26.2 Å². The van der Waals surface area contributed by atoms with Gasteiger partial charge in [0.2, 0.25) is 0 Å². The third-order valence-electron chi connectivity index (χ3n) is 4.00. The van der Waals surface area contributed by atoms with Crippen LogP contribution >= 0.6 is 12.6 Å². The standard InChI is InChI=1S/C15H29F3N2S/c16-15(17,18)14-20-11-9-19(10-12-20)8-6-4-2-1-3-5-7-13-21/h21H,1-14H2. The van der Waals surface area contributed by atoms with Crippen LogP contribution in [-0.2, 0) is 0 Å². The maximum Gasteiger partial charge on any atom is 0.401 e. The van der Waals surface area contributed by atoms with Gasteiger partial charge >= 0.3 is 6.18 Å². The van der Waals surface area contributed by atoms with E-state index in [1.165, 1.54) is 49.8 Å². The van der Waals surface area contributed by atoms with Crippen molar-refractivity contribution < 1.29 is 13.2 Å².